The highest BCUT2D eigenvalue weighted by molar-refractivity contribution is 6.37. The molecular formula is C27H20Cl2N2O2. The standard InChI is InChI=1S/C27H20Cl2N2O2/c28-22-10-6-11-23(29)20(22)13-18-15-31(14-17-7-2-1-3-8-17)16-21-25(27(32)33)19-9-4-5-12-24(19)30-26(18)21/h1-13H,14-16H2,(H,32,33)/b18-13+. The Balaban J connectivity index is 1.72. The molecule has 0 fully saturated rings. The Labute approximate surface area is 201 Å². The van der Waals surface area contributed by atoms with Crippen LogP contribution in [0.3, 0.4) is 0 Å². The van der Waals surface area contributed by atoms with Crippen LogP contribution >= 0.6 is 23.2 Å². The van der Waals surface area contributed by atoms with E-state index in [0.29, 0.717) is 50.9 Å². The molecule has 0 radical (unpaired) electrons. The van der Waals surface area contributed by atoms with Crippen LogP contribution in [0.1, 0.15) is 32.7 Å². The van der Waals surface area contributed by atoms with E-state index in [0.717, 1.165) is 12.1 Å². The van der Waals surface area contributed by atoms with Crippen LogP contribution in [0.2, 0.25) is 10.0 Å². The van der Waals surface area contributed by atoms with Gasteiger partial charge in [-0.1, -0.05) is 77.8 Å². The van der Waals surface area contributed by atoms with Gasteiger partial charge in [-0.3, -0.25) is 0 Å². The molecule has 1 aromatic heterocycles. The Morgan fingerprint density at radius 2 is 1.64 bits per heavy atom. The van der Waals surface area contributed by atoms with Gasteiger partial charge in [0.2, 0.25) is 0 Å². The maximum absolute atomic E-state index is 12.3. The summed E-state index contributed by atoms with van der Waals surface area (Å²) in [5, 5.41) is 14.0. The van der Waals surface area contributed by atoms with Gasteiger partial charge in [0.15, 0.2) is 0 Å². The number of halogens is 2. The summed E-state index contributed by atoms with van der Waals surface area (Å²) < 4.78 is 0. The molecule has 33 heavy (non-hydrogen) atoms. The lowest BCUT2D eigenvalue weighted by molar-refractivity contribution is -0.921. The Bertz CT molecular complexity index is 1380. The van der Waals surface area contributed by atoms with Crippen molar-refractivity contribution in [1.29, 1.82) is 0 Å². The monoisotopic (exact) mass is 474 g/mol. The number of carboxylic acid groups (broad SMARTS) is 1. The van der Waals surface area contributed by atoms with E-state index in [2.05, 4.69) is 12.1 Å². The van der Waals surface area contributed by atoms with E-state index in [4.69, 9.17) is 28.2 Å². The average molecular weight is 475 g/mol. The summed E-state index contributed by atoms with van der Waals surface area (Å²) >= 11 is 12.9. The molecule has 3 aromatic carbocycles. The van der Waals surface area contributed by atoms with Gasteiger partial charge in [0.25, 0.3) is 0 Å². The van der Waals surface area contributed by atoms with Crippen LogP contribution in [0.4, 0.5) is 0 Å². The average Bonchev–Trinajstić information content (AvgIpc) is 2.80. The number of pyridine rings is 1. The molecule has 0 bridgehead atoms. The second-order valence-electron chi connectivity index (χ2n) is 8.19. The minimum absolute atomic E-state index is 0.206. The van der Waals surface area contributed by atoms with Gasteiger partial charge in [-0.25, -0.2) is 4.98 Å². The third-order valence-corrected chi connectivity index (χ3v) is 6.64. The highest BCUT2D eigenvalue weighted by Crippen LogP contribution is 2.33. The molecule has 4 aromatic rings. The van der Waals surface area contributed by atoms with Crippen LogP contribution in [0, 0.1) is 0 Å². The summed E-state index contributed by atoms with van der Waals surface area (Å²) in [6.45, 7) is 1.92. The van der Waals surface area contributed by atoms with Crippen LogP contribution in [-0.4, -0.2) is 17.5 Å². The van der Waals surface area contributed by atoms with E-state index in [1.165, 1.54) is 10.5 Å². The number of aromatic carboxylic acids is 1. The van der Waals surface area contributed by atoms with Crippen LogP contribution < -0.4 is 10.0 Å². The Morgan fingerprint density at radius 3 is 2.36 bits per heavy atom. The molecule has 0 saturated carbocycles. The molecule has 0 aliphatic carbocycles. The van der Waals surface area contributed by atoms with Crippen molar-refractivity contribution in [2.24, 2.45) is 0 Å². The first-order valence-electron chi connectivity index (χ1n) is 10.7. The smallest absolute Gasteiger partial charge is 0.106 e. The van der Waals surface area contributed by atoms with Crippen LogP contribution in [0.25, 0.3) is 22.6 Å². The molecular weight excluding hydrogens is 455 g/mol. The first kappa shape index (κ1) is 21.7. The third kappa shape index (κ3) is 4.25. The number of fused-ring (bicyclic) bond motifs is 2. The van der Waals surface area contributed by atoms with Crippen LogP contribution in [0.5, 0.6) is 0 Å². The Hall–Kier alpha value is -3.18. The molecule has 164 valence electrons. The molecule has 0 saturated heterocycles. The number of rotatable bonds is 4. The molecule has 6 heteroatoms. The topological polar surface area (TPSA) is 57.5 Å². The van der Waals surface area contributed by atoms with Gasteiger partial charge in [0.05, 0.1) is 17.2 Å². The largest absolute Gasteiger partial charge is 0.545 e. The van der Waals surface area contributed by atoms with Gasteiger partial charge in [0.1, 0.15) is 19.6 Å². The van der Waals surface area contributed by atoms with E-state index in [9.17, 15) is 9.90 Å². The summed E-state index contributed by atoms with van der Waals surface area (Å²) in [4.78, 5) is 18.4. The predicted octanol–water partition coefficient (Wildman–Crippen LogP) is 4.04. The van der Waals surface area contributed by atoms with Gasteiger partial charge in [0, 0.05) is 43.3 Å². The molecule has 0 spiro atoms. The van der Waals surface area contributed by atoms with E-state index in [1.54, 1.807) is 24.3 Å². The zero-order valence-corrected chi connectivity index (χ0v) is 19.2. The number of carbonyl (C=O) groups excluding carboxylic acids is 1. The molecule has 1 aliphatic rings. The summed E-state index contributed by atoms with van der Waals surface area (Å²) in [5.41, 5.74) is 4.95. The SMILES string of the molecule is O=C([O-])c1c2c(nc3ccccc13)/C(=C/c1c(Cl)cccc1Cl)C[NH+](Cc1ccccc1)C2. The number of hydrogen-bond acceptors (Lipinski definition) is 3. The number of aromatic nitrogens is 1. The number of quaternary nitrogens is 1. The number of carboxylic acids is 1. The lowest BCUT2D eigenvalue weighted by Crippen LogP contribution is -3.10. The summed E-state index contributed by atoms with van der Waals surface area (Å²) in [5.74, 6) is -1.19. The number of hydrogen-bond donors (Lipinski definition) is 1. The highest BCUT2D eigenvalue weighted by Gasteiger charge is 2.29. The Morgan fingerprint density at radius 1 is 0.939 bits per heavy atom. The van der Waals surface area contributed by atoms with Gasteiger partial charge >= 0.3 is 0 Å². The van der Waals surface area contributed by atoms with Crippen molar-refractivity contribution in [3.05, 3.63) is 111 Å². The van der Waals surface area contributed by atoms with E-state index in [1.807, 2.05) is 42.5 Å². The fourth-order valence-electron chi connectivity index (χ4n) is 4.54. The van der Waals surface area contributed by atoms with Gasteiger partial charge < -0.3 is 14.8 Å². The van der Waals surface area contributed by atoms with Gasteiger partial charge in [-0.2, -0.15) is 0 Å². The fraction of sp³-hybridized carbons (Fsp3) is 0.111. The van der Waals surface area contributed by atoms with Gasteiger partial charge in [-0.05, 0) is 24.3 Å². The zero-order valence-electron chi connectivity index (χ0n) is 17.6. The van der Waals surface area contributed by atoms with Gasteiger partial charge in [-0.15, -0.1) is 0 Å². The van der Waals surface area contributed by atoms with Crippen molar-refractivity contribution >= 4 is 51.7 Å². The van der Waals surface area contributed by atoms with Crippen LogP contribution in [-0.2, 0) is 13.1 Å². The van der Waals surface area contributed by atoms with E-state index < -0.39 is 5.97 Å². The van der Waals surface area contributed by atoms with Crippen molar-refractivity contribution in [1.82, 2.24) is 4.98 Å². The normalized spacial score (nSPS) is 16.7. The van der Waals surface area contributed by atoms with Crippen molar-refractivity contribution < 1.29 is 14.8 Å². The Kier molecular flexibility index (Phi) is 5.90. The lowest BCUT2D eigenvalue weighted by Gasteiger charge is -2.30. The predicted molar refractivity (Wildman–Crippen MR) is 130 cm³/mol. The zero-order chi connectivity index (χ0) is 22.9. The third-order valence-electron chi connectivity index (χ3n) is 5.98. The maximum atomic E-state index is 12.3. The molecule has 1 atom stereocenters. The second-order valence-corrected chi connectivity index (χ2v) is 9.00. The molecule has 0 amide bonds. The summed E-state index contributed by atoms with van der Waals surface area (Å²) in [6, 6.07) is 22.8. The lowest BCUT2D eigenvalue weighted by atomic mass is 9.91. The highest BCUT2D eigenvalue weighted by atomic mass is 35.5. The molecule has 1 unspecified atom stereocenters. The molecule has 4 nitrogen and oxygen atoms in total. The number of nitrogens with zero attached hydrogens (tertiary/aromatic N) is 1. The number of benzene rings is 3. The number of carbonyl (C=O) groups is 1. The number of nitrogens with one attached hydrogen (secondary N) is 1. The second kappa shape index (κ2) is 8.99. The minimum Gasteiger partial charge on any atom is -0.545 e. The summed E-state index contributed by atoms with van der Waals surface area (Å²) in [7, 11) is 0. The van der Waals surface area contributed by atoms with Crippen molar-refractivity contribution in [3.8, 4) is 0 Å². The molecule has 1 aliphatic heterocycles. The van der Waals surface area contributed by atoms with Crippen molar-refractivity contribution in [2.75, 3.05) is 6.54 Å². The summed E-state index contributed by atoms with van der Waals surface area (Å²) in [6.07, 6.45) is 1.94. The minimum atomic E-state index is -1.19. The fourth-order valence-corrected chi connectivity index (χ4v) is 5.05. The maximum Gasteiger partial charge on any atom is 0.106 e. The molecule has 2 heterocycles. The first-order valence-corrected chi connectivity index (χ1v) is 11.4. The molecule has 1 N–H and O–H groups in total. The van der Waals surface area contributed by atoms with E-state index in [-0.39, 0.29) is 5.56 Å². The molecule has 5 rings (SSSR count). The van der Waals surface area contributed by atoms with Crippen molar-refractivity contribution in [3.63, 3.8) is 0 Å². The number of para-hydroxylation sites is 1. The van der Waals surface area contributed by atoms with Crippen LogP contribution in [0.15, 0.2) is 72.8 Å². The first-order chi connectivity index (χ1) is 16.0. The van der Waals surface area contributed by atoms with Crippen molar-refractivity contribution in [2.45, 2.75) is 13.1 Å². The quantitative estimate of drug-likeness (QED) is 0.485. The van der Waals surface area contributed by atoms with E-state index >= 15 is 0 Å².